The fourth-order valence-electron chi connectivity index (χ4n) is 5.42. The van der Waals surface area contributed by atoms with Gasteiger partial charge in [-0.25, -0.2) is 29.1 Å². The van der Waals surface area contributed by atoms with Crippen LogP contribution in [0, 0.1) is 0 Å². The molecule has 0 spiro atoms. The lowest BCUT2D eigenvalue weighted by Crippen LogP contribution is -2.25. The van der Waals surface area contributed by atoms with Crippen molar-refractivity contribution >= 4 is 27.6 Å². The maximum absolute atomic E-state index is 14.0. The molecule has 0 bridgehead atoms. The van der Waals surface area contributed by atoms with E-state index in [4.69, 9.17) is 19.9 Å². The number of aromatic nitrogens is 6. The lowest BCUT2D eigenvalue weighted by molar-refractivity contribution is 0.932. The fourth-order valence-corrected chi connectivity index (χ4v) is 5.42. The summed E-state index contributed by atoms with van der Waals surface area (Å²) in [5.74, 6) is 1.72. The van der Waals surface area contributed by atoms with Crippen LogP contribution >= 0.6 is 0 Å². The van der Waals surface area contributed by atoms with Gasteiger partial charge >= 0.3 is 5.69 Å². The van der Waals surface area contributed by atoms with E-state index in [0.717, 1.165) is 44.3 Å². The Kier molecular flexibility index (Phi) is 5.46. The molecule has 0 N–H and O–H groups in total. The second-order valence-electron chi connectivity index (χ2n) is 9.98. The smallest absolute Gasteiger partial charge is 0.262 e. The van der Waals surface area contributed by atoms with Crippen molar-refractivity contribution in [3.63, 3.8) is 0 Å². The maximum Gasteiger partial charge on any atom is 0.339 e. The minimum atomic E-state index is -0.178. The van der Waals surface area contributed by atoms with E-state index in [1.54, 1.807) is 8.97 Å². The molecule has 0 aliphatic heterocycles. The van der Waals surface area contributed by atoms with Gasteiger partial charge < -0.3 is 0 Å². The van der Waals surface area contributed by atoms with Crippen LogP contribution in [0.2, 0.25) is 0 Å². The van der Waals surface area contributed by atoms with Crippen molar-refractivity contribution in [1.29, 1.82) is 0 Å². The average molecular weight is 543 g/mol. The Labute approximate surface area is 240 Å². The number of hydrogen-bond acceptors (Lipinski definition) is 5. The molecule has 0 unspecified atom stereocenters. The van der Waals surface area contributed by atoms with E-state index in [2.05, 4.69) is 0 Å². The van der Waals surface area contributed by atoms with E-state index in [1.807, 2.05) is 133 Å². The predicted molar refractivity (Wildman–Crippen MR) is 165 cm³/mol. The highest BCUT2D eigenvalue weighted by molar-refractivity contribution is 5.99. The van der Waals surface area contributed by atoms with Crippen LogP contribution in [-0.4, -0.2) is 28.9 Å². The molecule has 8 aromatic rings. The lowest BCUT2D eigenvalue weighted by atomic mass is 10.1. The molecule has 0 aliphatic carbocycles. The largest absolute Gasteiger partial charge is 0.339 e. The fraction of sp³-hybridized carbons (Fsp3) is 0. The summed E-state index contributed by atoms with van der Waals surface area (Å²) in [6.07, 6.45) is 0. The lowest BCUT2D eigenvalue weighted by Gasteiger charge is -2.13. The number of imidazole rings is 1. The van der Waals surface area contributed by atoms with Crippen LogP contribution in [0.3, 0.4) is 0 Å². The molecule has 7 nitrogen and oxygen atoms in total. The van der Waals surface area contributed by atoms with Crippen molar-refractivity contribution in [3.8, 4) is 39.9 Å². The average Bonchev–Trinajstić information content (AvgIpc) is 3.46. The quantitative estimate of drug-likeness (QED) is 0.240. The number of fused-ring (bicyclic) bond motifs is 5. The third kappa shape index (κ3) is 3.87. The zero-order chi connectivity index (χ0) is 28.0. The summed E-state index contributed by atoms with van der Waals surface area (Å²) < 4.78 is 3.42. The summed E-state index contributed by atoms with van der Waals surface area (Å²) in [7, 11) is 0. The molecular weight excluding hydrogens is 520 g/mol. The summed E-state index contributed by atoms with van der Waals surface area (Å²) in [5, 5.41) is 0.815. The van der Waals surface area contributed by atoms with E-state index < -0.39 is 0 Å². The van der Waals surface area contributed by atoms with Crippen molar-refractivity contribution in [2.24, 2.45) is 0 Å². The highest BCUT2D eigenvalue weighted by Crippen LogP contribution is 2.30. The zero-order valence-electron chi connectivity index (χ0n) is 22.3. The molecule has 0 atom stereocenters. The minimum Gasteiger partial charge on any atom is -0.262 e. The Morgan fingerprint density at radius 2 is 1.02 bits per heavy atom. The van der Waals surface area contributed by atoms with Crippen molar-refractivity contribution in [2.45, 2.75) is 0 Å². The molecule has 0 aliphatic rings. The van der Waals surface area contributed by atoms with E-state index >= 15 is 0 Å². The predicted octanol–water partition coefficient (Wildman–Crippen LogP) is 6.98. The zero-order valence-corrected chi connectivity index (χ0v) is 22.3. The summed E-state index contributed by atoms with van der Waals surface area (Å²) in [5.41, 5.74) is 6.05. The van der Waals surface area contributed by atoms with Gasteiger partial charge in [0.25, 0.3) is 0 Å². The Bertz CT molecular complexity index is 2250. The topological polar surface area (TPSA) is 78.0 Å². The van der Waals surface area contributed by atoms with Gasteiger partial charge in [-0.15, -0.1) is 0 Å². The van der Waals surface area contributed by atoms with E-state index in [-0.39, 0.29) is 5.69 Å². The molecule has 3 aromatic heterocycles. The number of hydrogen-bond donors (Lipinski definition) is 0. The second-order valence-corrected chi connectivity index (χ2v) is 9.98. The van der Waals surface area contributed by atoms with E-state index in [1.165, 1.54) is 0 Å². The van der Waals surface area contributed by atoms with Crippen molar-refractivity contribution < 1.29 is 0 Å². The van der Waals surface area contributed by atoms with Crippen LogP contribution in [0.15, 0.2) is 138 Å². The first kappa shape index (κ1) is 23.9. The third-order valence-electron chi connectivity index (χ3n) is 7.39. The molecule has 0 fully saturated rings. The maximum atomic E-state index is 14.0. The van der Waals surface area contributed by atoms with Gasteiger partial charge in [0.1, 0.15) is 0 Å². The number of benzene rings is 5. The molecule has 0 saturated heterocycles. The highest BCUT2D eigenvalue weighted by Gasteiger charge is 2.19. The first-order chi connectivity index (χ1) is 20.7. The molecule has 3 heterocycles. The number of nitrogens with zero attached hydrogens (tertiary/aromatic N) is 6. The van der Waals surface area contributed by atoms with Crippen LogP contribution in [0.5, 0.6) is 0 Å². The molecule has 0 amide bonds. The summed E-state index contributed by atoms with van der Waals surface area (Å²) >= 11 is 0. The minimum absolute atomic E-state index is 0.178. The van der Waals surface area contributed by atoms with Crippen molar-refractivity contribution in [1.82, 2.24) is 28.9 Å². The number of rotatable bonds is 4. The molecule has 198 valence electrons. The summed E-state index contributed by atoms with van der Waals surface area (Å²) in [4.78, 5) is 33.6. The van der Waals surface area contributed by atoms with Gasteiger partial charge in [0.2, 0.25) is 0 Å². The van der Waals surface area contributed by atoms with Gasteiger partial charge in [0.05, 0.1) is 22.2 Å². The first-order valence-electron chi connectivity index (χ1n) is 13.6. The van der Waals surface area contributed by atoms with E-state index in [0.29, 0.717) is 23.1 Å². The Balaban J connectivity index is 1.44. The van der Waals surface area contributed by atoms with Crippen molar-refractivity contribution in [2.75, 3.05) is 0 Å². The van der Waals surface area contributed by atoms with Crippen LogP contribution in [0.4, 0.5) is 0 Å². The first-order valence-corrected chi connectivity index (χ1v) is 13.6. The van der Waals surface area contributed by atoms with Gasteiger partial charge in [-0.1, -0.05) is 91.0 Å². The van der Waals surface area contributed by atoms with Crippen LogP contribution in [0.1, 0.15) is 0 Å². The van der Waals surface area contributed by atoms with Gasteiger partial charge in [0.15, 0.2) is 23.1 Å². The molecule has 8 rings (SSSR count). The summed E-state index contributed by atoms with van der Waals surface area (Å²) in [6, 6.07) is 43.1. The van der Waals surface area contributed by atoms with Crippen molar-refractivity contribution in [3.05, 3.63) is 144 Å². The molecular formula is C35H22N6O. The van der Waals surface area contributed by atoms with Gasteiger partial charge in [-0.05, 0) is 42.5 Å². The van der Waals surface area contributed by atoms with Crippen LogP contribution in [-0.2, 0) is 0 Å². The molecule has 0 radical (unpaired) electrons. The third-order valence-corrected chi connectivity index (χ3v) is 7.39. The Hall–Kier alpha value is -5.95. The molecule has 42 heavy (non-hydrogen) atoms. The Morgan fingerprint density at radius 1 is 0.476 bits per heavy atom. The highest BCUT2D eigenvalue weighted by atomic mass is 16.1. The second kappa shape index (κ2) is 9.60. The van der Waals surface area contributed by atoms with Gasteiger partial charge in [-0.2, -0.15) is 0 Å². The molecule has 0 saturated carbocycles. The van der Waals surface area contributed by atoms with Crippen LogP contribution in [0.25, 0.3) is 67.4 Å². The van der Waals surface area contributed by atoms with Crippen LogP contribution < -0.4 is 5.69 Å². The summed E-state index contributed by atoms with van der Waals surface area (Å²) in [6.45, 7) is 0. The molecule has 5 aromatic carbocycles. The molecule has 7 heteroatoms. The van der Waals surface area contributed by atoms with E-state index in [9.17, 15) is 4.79 Å². The Morgan fingerprint density at radius 3 is 1.67 bits per heavy atom. The van der Waals surface area contributed by atoms with Gasteiger partial charge in [0, 0.05) is 22.1 Å². The monoisotopic (exact) mass is 542 g/mol. The SMILES string of the molecule is O=c1n(-c2ccccc2)c2ccc(-c3nc(-c4ccccc4)nc(-c4ccccc4)n3)cc2c2nc3ccccc3n12. The normalized spacial score (nSPS) is 11.4. The number of para-hydroxylation sites is 3. The standard InChI is InChI=1S/C35H22N6O/c42-35-40(26-16-8-3-9-17-26)29-21-20-25(22-27(29)34-36-28-18-10-11-19-30(28)41(34)35)33-38-31(23-12-4-1-5-13-23)37-32(39-33)24-14-6-2-7-15-24/h1-22H. The van der Waals surface area contributed by atoms with Gasteiger partial charge in [-0.3, -0.25) is 4.57 Å².